The van der Waals surface area contributed by atoms with Gasteiger partial charge in [0.15, 0.2) is 0 Å². The van der Waals surface area contributed by atoms with Gasteiger partial charge >= 0.3 is 0 Å². The summed E-state index contributed by atoms with van der Waals surface area (Å²) in [4.78, 5) is 25.5. The van der Waals surface area contributed by atoms with Crippen molar-refractivity contribution in [2.45, 2.75) is 321 Å². The van der Waals surface area contributed by atoms with Crippen LogP contribution in [0.2, 0.25) is 0 Å². The summed E-state index contributed by atoms with van der Waals surface area (Å²) in [5.41, 5.74) is 0. The van der Waals surface area contributed by atoms with Gasteiger partial charge in [0.05, 0.1) is 39.9 Å². The van der Waals surface area contributed by atoms with Crippen LogP contribution in [0, 0.1) is 0 Å². The molecular weight excluding hydrogens is 888 g/mol. The van der Waals surface area contributed by atoms with E-state index in [2.05, 4.69) is 31.3 Å². The maximum atomic E-state index is 13.0. The Labute approximate surface area is 436 Å². The number of carbonyl (C=O) groups excluding carboxylic acids is 1. The lowest BCUT2D eigenvalue weighted by Crippen LogP contribution is -2.45. The molecule has 9 heteroatoms. The standard InChI is InChI=1S/C61H121N2O6P/c1-6-8-10-12-14-16-18-20-22-24-26-28-29-30-31-32-33-35-37-39-41-43-45-47-49-51-53-55-61(65)62-59(58-69-70(66,67)68-57-56-63(3,4)5)60(64)54-52-50-48-46-44-42-40-38-36-34-27-25-23-21-19-17-15-13-11-9-7-2/h44,46,52,54,59-60,64H,6-43,45,47-51,53,55-58H2,1-5H3,(H-,62,65,66,67)/b46-44+,54-52+. The van der Waals surface area contributed by atoms with Crippen LogP contribution in [0.5, 0.6) is 0 Å². The number of carbonyl (C=O) groups is 1. The molecule has 1 amide bonds. The van der Waals surface area contributed by atoms with E-state index in [9.17, 15) is 19.4 Å². The van der Waals surface area contributed by atoms with Gasteiger partial charge in [-0.15, -0.1) is 0 Å². The van der Waals surface area contributed by atoms with Crippen LogP contribution >= 0.6 is 7.82 Å². The Kier molecular flexibility index (Phi) is 52.1. The second-order valence-corrected chi connectivity index (χ2v) is 23.8. The summed E-state index contributed by atoms with van der Waals surface area (Å²) in [5, 5.41) is 13.9. The van der Waals surface area contributed by atoms with E-state index in [0.29, 0.717) is 17.4 Å². The molecule has 2 N–H and O–H groups in total. The molecule has 3 atom stereocenters. The lowest BCUT2D eigenvalue weighted by atomic mass is 10.0. The van der Waals surface area contributed by atoms with E-state index in [1.54, 1.807) is 6.08 Å². The molecule has 0 saturated heterocycles. The first kappa shape index (κ1) is 69.0. The van der Waals surface area contributed by atoms with Crippen LogP contribution in [0.15, 0.2) is 24.3 Å². The first-order chi connectivity index (χ1) is 34.0. The van der Waals surface area contributed by atoms with Crippen LogP contribution in [-0.4, -0.2) is 68.5 Å². The molecule has 3 unspecified atom stereocenters. The molecule has 0 aliphatic rings. The Morgan fingerprint density at radius 3 is 1.16 bits per heavy atom. The Bertz CT molecular complexity index is 1190. The Hall–Kier alpha value is -1.02. The highest BCUT2D eigenvalue weighted by Crippen LogP contribution is 2.38. The second kappa shape index (κ2) is 52.8. The van der Waals surface area contributed by atoms with Crippen molar-refractivity contribution >= 4 is 13.7 Å². The topological polar surface area (TPSA) is 108 Å². The number of amides is 1. The third-order valence-electron chi connectivity index (χ3n) is 14.2. The van der Waals surface area contributed by atoms with Gasteiger partial charge in [0.1, 0.15) is 13.2 Å². The van der Waals surface area contributed by atoms with E-state index in [-0.39, 0.29) is 19.1 Å². The summed E-state index contributed by atoms with van der Waals surface area (Å²) in [6.07, 6.45) is 67.0. The predicted octanol–water partition coefficient (Wildman–Crippen LogP) is 18.1. The summed E-state index contributed by atoms with van der Waals surface area (Å²) in [6.45, 7) is 4.68. The van der Waals surface area contributed by atoms with Crippen molar-refractivity contribution in [3.05, 3.63) is 24.3 Å². The van der Waals surface area contributed by atoms with Gasteiger partial charge in [-0.05, 0) is 32.1 Å². The monoisotopic (exact) mass is 1010 g/mol. The molecule has 0 fully saturated rings. The van der Waals surface area contributed by atoms with Crippen LogP contribution in [-0.2, 0) is 18.4 Å². The molecule has 0 aromatic carbocycles. The smallest absolute Gasteiger partial charge is 0.268 e. The fourth-order valence-electron chi connectivity index (χ4n) is 9.35. The zero-order valence-electron chi connectivity index (χ0n) is 47.5. The Morgan fingerprint density at radius 1 is 0.486 bits per heavy atom. The molecule has 0 aromatic heterocycles. The molecule has 0 aliphatic carbocycles. The minimum absolute atomic E-state index is 0.00362. The number of nitrogens with one attached hydrogen (secondary N) is 1. The normalized spacial score (nSPS) is 14.0. The van der Waals surface area contributed by atoms with Crippen molar-refractivity contribution in [3.8, 4) is 0 Å². The maximum absolute atomic E-state index is 13.0. The summed E-state index contributed by atoms with van der Waals surface area (Å²) in [5.74, 6) is -0.200. The van der Waals surface area contributed by atoms with Crippen LogP contribution in [0.4, 0.5) is 0 Å². The van der Waals surface area contributed by atoms with Gasteiger partial charge in [0.25, 0.3) is 7.82 Å². The van der Waals surface area contributed by atoms with Crippen molar-refractivity contribution in [1.82, 2.24) is 5.32 Å². The number of rotatable bonds is 57. The molecule has 8 nitrogen and oxygen atoms in total. The highest BCUT2D eigenvalue weighted by Gasteiger charge is 2.23. The molecule has 0 aromatic rings. The zero-order chi connectivity index (χ0) is 51.3. The van der Waals surface area contributed by atoms with Gasteiger partial charge in [-0.1, -0.05) is 295 Å². The van der Waals surface area contributed by atoms with Gasteiger partial charge in [-0.2, -0.15) is 0 Å². The van der Waals surface area contributed by atoms with E-state index >= 15 is 0 Å². The van der Waals surface area contributed by atoms with Crippen molar-refractivity contribution < 1.29 is 32.9 Å². The average Bonchev–Trinajstić information content (AvgIpc) is 3.32. The van der Waals surface area contributed by atoms with Crippen molar-refractivity contribution in [2.24, 2.45) is 0 Å². The molecule has 0 aliphatic heterocycles. The van der Waals surface area contributed by atoms with Gasteiger partial charge in [-0.25, -0.2) is 0 Å². The number of unbranched alkanes of at least 4 members (excludes halogenated alkanes) is 42. The Balaban J connectivity index is 4.15. The average molecular weight is 1010 g/mol. The van der Waals surface area contributed by atoms with Gasteiger partial charge in [-0.3, -0.25) is 9.36 Å². The molecule has 0 saturated carbocycles. The summed E-state index contributed by atoms with van der Waals surface area (Å²) >= 11 is 0. The Morgan fingerprint density at radius 2 is 0.800 bits per heavy atom. The number of aliphatic hydroxyl groups excluding tert-OH is 1. The van der Waals surface area contributed by atoms with E-state index in [1.807, 2.05) is 27.2 Å². The SMILES string of the molecule is CCCCCCCCCCCCCCCCC/C=C/CC/C=C/C(O)C(COP(=O)([O-])OCC[N+](C)(C)C)NC(=O)CCCCCCCCCCCCCCCCCCCCCCCCCCCCC. The molecular formula is C61H121N2O6P. The van der Waals surface area contributed by atoms with Crippen LogP contribution in [0.3, 0.4) is 0 Å². The molecule has 0 spiro atoms. The van der Waals surface area contributed by atoms with Crippen LogP contribution in [0.1, 0.15) is 309 Å². The van der Waals surface area contributed by atoms with Crippen molar-refractivity contribution in [2.75, 3.05) is 40.9 Å². The van der Waals surface area contributed by atoms with Gasteiger partial charge in [0, 0.05) is 6.42 Å². The molecule has 70 heavy (non-hydrogen) atoms. The van der Waals surface area contributed by atoms with E-state index < -0.39 is 20.0 Å². The quantitative estimate of drug-likeness (QED) is 0.0272. The highest BCUT2D eigenvalue weighted by atomic mass is 31.2. The van der Waals surface area contributed by atoms with Gasteiger partial charge in [0.2, 0.25) is 5.91 Å². The number of nitrogens with zero attached hydrogens (tertiary/aromatic N) is 1. The van der Waals surface area contributed by atoms with Crippen molar-refractivity contribution in [3.63, 3.8) is 0 Å². The largest absolute Gasteiger partial charge is 0.756 e. The number of hydrogen-bond donors (Lipinski definition) is 2. The second-order valence-electron chi connectivity index (χ2n) is 22.4. The van der Waals surface area contributed by atoms with Gasteiger partial charge < -0.3 is 28.8 Å². The third kappa shape index (κ3) is 54.7. The first-order valence-corrected chi connectivity index (χ1v) is 32.2. The number of aliphatic hydroxyl groups is 1. The summed E-state index contributed by atoms with van der Waals surface area (Å²) in [7, 11) is 1.26. The highest BCUT2D eigenvalue weighted by molar-refractivity contribution is 7.45. The molecule has 0 radical (unpaired) electrons. The number of phosphoric acid groups is 1. The number of quaternary nitrogens is 1. The third-order valence-corrected chi connectivity index (χ3v) is 15.1. The summed E-state index contributed by atoms with van der Waals surface area (Å²) in [6, 6.07) is -0.900. The molecule has 0 heterocycles. The minimum Gasteiger partial charge on any atom is -0.756 e. The number of hydrogen-bond acceptors (Lipinski definition) is 6. The number of phosphoric ester groups is 1. The molecule has 0 bridgehead atoms. The van der Waals surface area contributed by atoms with E-state index in [4.69, 9.17) is 9.05 Å². The fraction of sp³-hybridized carbons (Fsp3) is 0.918. The van der Waals surface area contributed by atoms with E-state index in [0.717, 1.165) is 38.5 Å². The molecule has 416 valence electrons. The minimum atomic E-state index is -4.60. The van der Waals surface area contributed by atoms with E-state index in [1.165, 1.54) is 250 Å². The summed E-state index contributed by atoms with van der Waals surface area (Å²) < 4.78 is 23.4. The lowest BCUT2D eigenvalue weighted by molar-refractivity contribution is -0.870. The predicted molar refractivity (Wildman–Crippen MR) is 302 cm³/mol. The fourth-order valence-corrected chi connectivity index (χ4v) is 10.1. The number of likely N-dealkylation sites (N-methyl/N-ethyl adjacent to an activating group) is 1. The maximum Gasteiger partial charge on any atom is 0.268 e. The first-order valence-electron chi connectivity index (χ1n) is 30.7. The van der Waals surface area contributed by atoms with Crippen LogP contribution < -0.4 is 10.2 Å². The number of allylic oxidation sites excluding steroid dienone is 3. The lowest BCUT2D eigenvalue weighted by Gasteiger charge is -2.29. The zero-order valence-corrected chi connectivity index (χ0v) is 48.4. The van der Waals surface area contributed by atoms with Crippen LogP contribution in [0.25, 0.3) is 0 Å². The molecule has 0 rings (SSSR count). The van der Waals surface area contributed by atoms with Crippen molar-refractivity contribution in [1.29, 1.82) is 0 Å².